The van der Waals surface area contributed by atoms with Gasteiger partial charge in [0.1, 0.15) is 0 Å². The van der Waals surface area contributed by atoms with E-state index in [0.717, 1.165) is 10.0 Å². The van der Waals surface area contributed by atoms with Gasteiger partial charge >= 0.3 is 271 Å². The molecule has 212 valence electrons. The molecule has 6 rings (SSSR count). The number of allylic oxidation sites excluding steroid dienone is 4. The fourth-order valence-electron chi connectivity index (χ4n) is 6.41. The molecule has 0 aromatic heterocycles. The summed E-state index contributed by atoms with van der Waals surface area (Å²) in [5, 5.41) is 1.53. The topological polar surface area (TPSA) is 0 Å². The molecule has 3 heteroatoms. The molecule has 0 atom stereocenters. The molecule has 0 fully saturated rings. The van der Waals surface area contributed by atoms with E-state index in [1.54, 1.807) is 0 Å². The molecule has 4 aromatic rings. The maximum absolute atomic E-state index is 6.44. The van der Waals surface area contributed by atoms with Gasteiger partial charge in [-0.15, -0.1) is 0 Å². The van der Waals surface area contributed by atoms with Crippen molar-refractivity contribution < 1.29 is 21.3 Å². The molecule has 0 radical (unpaired) electrons. The number of hydrogen-bond acceptors (Lipinski definition) is 0. The number of rotatable bonds is 4. The average Bonchev–Trinajstić information content (AvgIpc) is 3.58. The van der Waals surface area contributed by atoms with Crippen molar-refractivity contribution in [1.29, 1.82) is 0 Å². The van der Waals surface area contributed by atoms with Crippen LogP contribution in [0.2, 0.25) is 13.7 Å². The van der Waals surface area contributed by atoms with Crippen molar-refractivity contribution in [3.63, 3.8) is 0 Å². The summed E-state index contributed by atoms with van der Waals surface area (Å²) in [6.07, 6.45) is 9.42. The third-order valence-electron chi connectivity index (χ3n) is 8.72. The zero-order chi connectivity index (χ0) is 29.8. The van der Waals surface area contributed by atoms with Gasteiger partial charge in [0.2, 0.25) is 0 Å². The normalized spacial score (nSPS) is 14.8. The number of hydrogen-bond donors (Lipinski definition) is 0. The monoisotopic (exact) mass is 666 g/mol. The Bertz CT molecular complexity index is 1620. The Kier molecular flexibility index (Phi) is 8.02. The van der Waals surface area contributed by atoms with E-state index < -0.39 is 21.3 Å². The summed E-state index contributed by atoms with van der Waals surface area (Å²) < 4.78 is 2.30. The van der Waals surface area contributed by atoms with Crippen LogP contribution in [-0.4, -0.2) is 3.21 Å². The van der Waals surface area contributed by atoms with Crippen LogP contribution in [0.3, 0.4) is 0 Å². The molecule has 0 heterocycles. The first-order valence-electron chi connectivity index (χ1n) is 14.8. The predicted octanol–water partition coefficient (Wildman–Crippen LogP) is 11.5. The molecule has 2 aliphatic carbocycles. The first-order chi connectivity index (χ1) is 19.9. The third kappa shape index (κ3) is 5.66. The Morgan fingerprint density at radius 1 is 0.571 bits per heavy atom. The Hall–Kier alpha value is -2.31. The Morgan fingerprint density at radius 2 is 0.976 bits per heavy atom. The van der Waals surface area contributed by atoms with Crippen molar-refractivity contribution in [2.75, 3.05) is 0 Å². The van der Waals surface area contributed by atoms with Gasteiger partial charge in [0, 0.05) is 0 Å². The van der Waals surface area contributed by atoms with Gasteiger partial charge < -0.3 is 0 Å². The first-order valence-corrected chi connectivity index (χ1v) is 19.6. The van der Waals surface area contributed by atoms with Crippen LogP contribution in [-0.2, 0) is 32.1 Å². The van der Waals surface area contributed by atoms with Gasteiger partial charge in [-0.1, -0.05) is 0 Å². The molecule has 0 aliphatic heterocycles. The standard InChI is InChI=1S/C21H25.C13H8Cl2.C5H5.Zr/c1-20(2,3)16-7-9-18-14(12-16)11-15-13-17(21(4,5)6)8-10-19(15)18;14-12-5-1-10(2-6-12)9-11-3-7-13(15)8-4-11;1-2-4-5-3-1;/h7-13H,1-6H3;1-8H;1-5H;. The summed E-state index contributed by atoms with van der Waals surface area (Å²) in [5.74, 6) is 0. The minimum atomic E-state index is -2.76. The van der Waals surface area contributed by atoms with Crippen molar-refractivity contribution in [1.82, 2.24) is 0 Å². The van der Waals surface area contributed by atoms with E-state index in [4.69, 9.17) is 23.2 Å². The Labute approximate surface area is 269 Å². The van der Waals surface area contributed by atoms with Gasteiger partial charge in [-0.25, -0.2) is 0 Å². The SMILES string of the molecule is CC(C)(C)c1ccc2c(c1)[CH]([Zr](=[C](c1ccc(Cl)cc1)c1ccc(Cl)cc1)[CH]1C=CC=C1)c1cc(C(C)(C)C)ccc1-2. The molecular formula is C39H38Cl2Zr. The molecule has 0 unspecified atom stereocenters. The van der Waals surface area contributed by atoms with Crippen LogP contribution in [0.25, 0.3) is 11.1 Å². The fraction of sp³-hybridized carbons (Fsp3) is 0.256. The molecule has 0 nitrogen and oxygen atoms in total. The molecule has 0 N–H and O–H groups in total. The predicted molar refractivity (Wildman–Crippen MR) is 179 cm³/mol. The van der Waals surface area contributed by atoms with Crippen LogP contribution < -0.4 is 0 Å². The summed E-state index contributed by atoms with van der Waals surface area (Å²) in [7, 11) is 0. The van der Waals surface area contributed by atoms with Crippen LogP contribution in [0.15, 0.2) is 109 Å². The number of halogens is 2. The van der Waals surface area contributed by atoms with Gasteiger partial charge in [0.25, 0.3) is 0 Å². The van der Waals surface area contributed by atoms with Crippen LogP contribution in [0, 0.1) is 0 Å². The van der Waals surface area contributed by atoms with Crippen molar-refractivity contribution >= 4 is 26.4 Å². The molecule has 2 aliphatic rings. The average molecular weight is 669 g/mol. The number of fused-ring (bicyclic) bond motifs is 3. The van der Waals surface area contributed by atoms with E-state index in [1.165, 1.54) is 47.7 Å². The van der Waals surface area contributed by atoms with Gasteiger partial charge in [-0.05, 0) is 0 Å². The second-order valence-electron chi connectivity index (χ2n) is 13.7. The molecule has 0 saturated carbocycles. The summed E-state index contributed by atoms with van der Waals surface area (Å²) in [6.45, 7) is 13.9. The second kappa shape index (κ2) is 11.3. The van der Waals surface area contributed by atoms with E-state index in [9.17, 15) is 0 Å². The van der Waals surface area contributed by atoms with Crippen LogP contribution in [0.4, 0.5) is 0 Å². The minimum absolute atomic E-state index is 0.0700. The van der Waals surface area contributed by atoms with Crippen molar-refractivity contribution in [3.8, 4) is 11.1 Å². The Balaban J connectivity index is 1.74. The molecule has 0 amide bonds. The van der Waals surface area contributed by atoms with Crippen molar-refractivity contribution in [3.05, 3.63) is 153 Å². The van der Waals surface area contributed by atoms with Crippen molar-refractivity contribution in [2.24, 2.45) is 0 Å². The summed E-state index contributed by atoms with van der Waals surface area (Å²) in [4.78, 5) is 0. The van der Waals surface area contributed by atoms with Crippen LogP contribution in [0.1, 0.15) is 78.5 Å². The second-order valence-corrected chi connectivity index (χ2v) is 21.1. The fourth-order valence-corrected chi connectivity index (χ4v) is 16.0. The molecule has 42 heavy (non-hydrogen) atoms. The molecule has 0 saturated heterocycles. The summed E-state index contributed by atoms with van der Waals surface area (Å²) in [5.41, 5.74) is 11.3. The molecule has 4 aromatic carbocycles. The molecule has 0 bridgehead atoms. The van der Waals surface area contributed by atoms with Crippen LogP contribution >= 0.6 is 23.2 Å². The number of benzene rings is 4. The zero-order valence-electron chi connectivity index (χ0n) is 25.3. The van der Waals surface area contributed by atoms with E-state index in [1.807, 2.05) is 24.3 Å². The van der Waals surface area contributed by atoms with E-state index in [-0.39, 0.29) is 10.8 Å². The van der Waals surface area contributed by atoms with Crippen molar-refractivity contribution in [2.45, 2.75) is 59.6 Å². The van der Waals surface area contributed by atoms with E-state index in [0.29, 0.717) is 7.25 Å². The summed E-state index contributed by atoms with van der Waals surface area (Å²) in [6, 6.07) is 31.7. The van der Waals surface area contributed by atoms with Gasteiger partial charge in [0.05, 0.1) is 0 Å². The summed E-state index contributed by atoms with van der Waals surface area (Å²) >= 11 is 10.1. The maximum atomic E-state index is 6.44. The Morgan fingerprint density at radius 3 is 1.36 bits per heavy atom. The molecule has 0 spiro atoms. The molecular weight excluding hydrogens is 631 g/mol. The van der Waals surface area contributed by atoms with E-state index >= 15 is 0 Å². The zero-order valence-corrected chi connectivity index (χ0v) is 29.3. The van der Waals surface area contributed by atoms with Gasteiger partial charge in [-0.3, -0.25) is 0 Å². The van der Waals surface area contributed by atoms with E-state index in [2.05, 4.69) is 127 Å². The van der Waals surface area contributed by atoms with Crippen LogP contribution in [0.5, 0.6) is 0 Å². The van der Waals surface area contributed by atoms with Gasteiger partial charge in [0.15, 0.2) is 0 Å². The quantitative estimate of drug-likeness (QED) is 0.203. The van der Waals surface area contributed by atoms with Gasteiger partial charge in [-0.2, -0.15) is 0 Å². The first kappa shape index (κ1) is 29.8. The third-order valence-corrected chi connectivity index (χ3v) is 17.8.